The number of rotatable bonds is 9. The van der Waals surface area contributed by atoms with Gasteiger partial charge in [0.05, 0.1) is 6.61 Å². The molecular weight excluding hydrogens is 344 g/mol. The topological polar surface area (TPSA) is 41.6 Å². The van der Waals surface area contributed by atoms with Gasteiger partial charge >= 0.3 is 0 Å². The highest BCUT2D eigenvalue weighted by molar-refractivity contribution is 9.10. The fraction of sp³-hybridized carbons (Fsp3) is 0.588. The molecule has 0 atom stereocenters. The van der Waals surface area contributed by atoms with Gasteiger partial charge in [-0.3, -0.25) is 4.79 Å². The van der Waals surface area contributed by atoms with Gasteiger partial charge in [0.15, 0.2) is 0 Å². The normalized spacial score (nSPS) is 14.6. The molecule has 0 aliphatic carbocycles. The maximum atomic E-state index is 11.5. The van der Waals surface area contributed by atoms with Crippen molar-refractivity contribution in [3.8, 4) is 5.75 Å². The van der Waals surface area contributed by atoms with E-state index in [0.717, 1.165) is 68.7 Å². The standard InChI is InChI=1S/C17H25BrN2O2/c1-2-11-22-16-7-6-15(18)12-14(16)13-19-8-4-10-20-9-3-5-17(20)21/h6-7,12,19H,2-5,8-11,13H2,1H3. The molecule has 1 aromatic carbocycles. The summed E-state index contributed by atoms with van der Waals surface area (Å²) in [4.78, 5) is 13.5. The highest BCUT2D eigenvalue weighted by Crippen LogP contribution is 2.23. The van der Waals surface area contributed by atoms with Crippen LogP contribution in [0.5, 0.6) is 5.75 Å². The van der Waals surface area contributed by atoms with Crippen LogP contribution < -0.4 is 10.1 Å². The predicted octanol–water partition coefficient (Wildman–Crippen LogP) is 3.34. The first-order valence-electron chi connectivity index (χ1n) is 8.10. The minimum absolute atomic E-state index is 0.308. The third-order valence-corrected chi connectivity index (χ3v) is 4.25. The highest BCUT2D eigenvalue weighted by Gasteiger charge is 2.18. The zero-order valence-electron chi connectivity index (χ0n) is 13.2. The molecule has 1 aliphatic rings. The van der Waals surface area contributed by atoms with Crippen LogP contribution in [0, 0.1) is 0 Å². The van der Waals surface area contributed by atoms with Gasteiger partial charge in [-0.1, -0.05) is 22.9 Å². The van der Waals surface area contributed by atoms with Crippen molar-refractivity contribution in [2.45, 2.75) is 39.2 Å². The lowest BCUT2D eigenvalue weighted by molar-refractivity contribution is -0.127. The van der Waals surface area contributed by atoms with E-state index < -0.39 is 0 Å². The number of benzene rings is 1. The number of ether oxygens (including phenoxy) is 1. The molecule has 122 valence electrons. The summed E-state index contributed by atoms with van der Waals surface area (Å²) >= 11 is 3.51. The molecule has 0 spiro atoms. The van der Waals surface area contributed by atoms with Crippen LogP contribution in [0.3, 0.4) is 0 Å². The second-order valence-corrected chi connectivity index (χ2v) is 6.53. The molecular formula is C17H25BrN2O2. The molecule has 2 rings (SSSR count). The zero-order chi connectivity index (χ0) is 15.8. The van der Waals surface area contributed by atoms with Gasteiger partial charge in [0, 0.05) is 36.1 Å². The summed E-state index contributed by atoms with van der Waals surface area (Å²) in [5, 5.41) is 3.45. The Kier molecular flexibility index (Phi) is 7.19. The van der Waals surface area contributed by atoms with Gasteiger partial charge in [0.2, 0.25) is 5.91 Å². The highest BCUT2D eigenvalue weighted by atomic mass is 79.9. The lowest BCUT2D eigenvalue weighted by atomic mass is 10.2. The first-order valence-corrected chi connectivity index (χ1v) is 8.89. The molecule has 22 heavy (non-hydrogen) atoms. The van der Waals surface area contributed by atoms with E-state index in [2.05, 4.69) is 34.2 Å². The Balaban J connectivity index is 1.73. The second-order valence-electron chi connectivity index (χ2n) is 5.62. The van der Waals surface area contributed by atoms with Crippen molar-refractivity contribution in [3.05, 3.63) is 28.2 Å². The average Bonchev–Trinajstić information content (AvgIpc) is 2.91. The Morgan fingerprint density at radius 3 is 3.00 bits per heavy atom. The van der Waals surface area contributed by atoms with Gasteiger partial charge in [-0.05, 0) is 44.0 Å². The van der Waals surface area contributed by atoms with Crippen molar-refractivity contribution in [3.63, 3.8) is 0 Å². The molecule has 1 saturated heterocycles. The third-order valence-electron chi connectivity index (χ3n) is 3.75. The van der Waals surface area contributed by atoms with Crippen molar-refractivity contribution in [2.75, 3.05) is 26.2 Å². The second kappa shape index (κ2) is 9.16. The molecule has 1 aliphatic heterocycles. The fourth-order valence-electron chi connectivity index (χ4n) is 2.60. The van der Waals surface area contributed by atoms with E-state index in [9.17, 15) is 4.79 Å². The van der Waals surface area contributed by atoms with Crippen LogP contribution in [0.25, 0.3) is 0 Å². The summed E-state index contributed by atoms with van der Waals surface area (Å²) in [6.45, 7) is 6.33. The summed E-state index contributed by atoms with van der Waals surface area (Å²) in [5.74, 6) is 1.26. The summed E-state index contributed by atoms with van der Waals surface area (Å²) in [7, 11) is 0. The number of halogens is 1. The monoisotopic (exact) mass is 368 g/mol. The predicted molar refractivity (Wildman–Crippen MR) is 92.1 cm³/mol. The molecule has 1 heterocycles. The number of likely N-dealkylation sites (tertiary alicyclic amines) is 1. The maximum absolute atomic E-state index is 11.5. The summed E-state index contributed by atoms with van der Waals surface area (Å²) in [6, 6.07) is 6.12. The van der Waals surface area contributed by atoms with Crippen LogP contribution in [-0.2, 0) is 11.3 Å². The Bertz CT molecular complexity index is 494. The number of carbonyl (C=O) groups is 1. The Morgan fingerprint density at radius 2 is 2.27 bits per heavy atom. The smallest absolute Gasteiger partial charge is 0.222 e. The van der Waals surface area contributed by atoms with Crippen LogP contribution in [-0.4, -0.2) is 37.0 Å². The molecule has 4 nitrogen and oxygen atoms in total. The molecule has 5 heteroatoms. The number of nitrogens with one attached hydrogen (secondary N) is 1. The van der Waals surface area contributed by atoms with Crippen molar-refractivity contribution >= 4 is 21.8 Å². The SMILES string of the molecule is CCCOc1ccc(Br)cc1CNCCCN1CCCC1=O. The average molecular weight is 369 g/mol. The zero-order valence-corrected chi connectivity index (χ0v) is 14.8. The summed E-state index contributed by atoms with van der Waals surface area (Å²) < 4.78 is 6.85. The third kappa shape index (κ3) is 5.29. The first-order chi connectivity index (χ1) is 10.7. The van der Waals surface area contributed by atoms with E-state index in [1.807, 2.05) is 17.0 Å². The van der Waals surface area contributed by atoms with Crippen LogP contribution in [0.1, 0.15) is 38.2 Å². The van der Waals surface area contributed by atoms with Crippen LogP contribution in [0.4, 0.5) is 0 Å². The van der Waals surface area contributed by atoms with E-state index in [1.54, 1.807) is 0 Å². The van der Waals surface area contributed by atoms with E-state index in [4.69, 9.17) is 4.74 Å². The number of nitrogens with zero attached hydrogens (tertiary/aromatic N) is 1. The van der Waals surface area contributed by atoms with Crippen LogP contribution >= 0.6 is 15.9 Å². The Morgan fingerprint density at radius 1 is 1.41 bits per heavy atom. The first kappa shape index (κ1) is 17.3. The molecule has 0 aromatic heterocycles. The van der Waals surface area contributed by atoms with Crippen LogP contribution in [0.2, 0.25) is 0 Å². The van der Waals surface area contributed by atoms with Crippen molar-refractivity contribution in [1.29, 1.82) is 0 Å². The Hall–Kier alpha value is -1.07. The lowest BCUT2D eigenvalue weighted by Crippen LogP contribution is -2.28. The number of hydrogen-bond acceptors (Lipinski definition) is 3. The lowest BCUT2D eigenvalue weighted by Gasteiger charge is -2.16. The molecule has 0 radical (unpaired) electrons. The quantitative estimate of drug-likeness (QED) is 0.679. The maximum Gasteiger partial charge on any atom is 0.222 e. The van der Waals surface area contributed by atoms with Crippen molar-refractivity contribution in [1.82, 2.24) is 10.2 Å². The number of amides is 1. The molecule has 0 unspecified atom stereocenters. The molecule has 0 bridgehead atoms. The van der Waals surface area contributed by atoms with Crippen molar-refractivity contribution in [2.24, 2.45) is 0 Å². The van der Waals surface area contributed by atoms with Crippen molar-refractivity contribution < 1.29 is 9.53 Å². The number of carbonyl (C=O) groups excluding carboxylic acids is 1. The van der Waals surface area contributed by atoms with E-state index >= 15 is 0 Å². The molecule has 1 aromatic rings. The summed E-state index contributed by atoms with van der Waals surface area (Å²) in [6.07, 6.45) is 3.74. The van der Waals surface area contributed by atoms with E-state index in [1.165, 1.54) is 5.56 Å². The summed E-state index contributed by atoms with van der Waals surface area (Å²) in [5.41, 5.74) is 1.17. The Labute approximate surface area is 141 Å². The minimum atomic E-state index is 0.308. The molecule has 1 N–H and O–H groups in total. The molecule has 0 saturated carbocycles. The van der Waals surface area contributed by atoms with E-state index in [-0.39, 0.29) is 0 Å². The van der Waals surface area contributed by atoms with E-state index in [0.29, 0.717) is 5.91 Å². The molecule has 1 amide bonds. The van der Waals surface area contributed by atoms with Crippen LogP contribution in [0.15, 0.2) is 22.7 Å². The minimum Gasteiger partial charge on any atom is -0.493 e. The van der Waals surface area contributed by atoms with Gasteiger partial charge in [-0.2, -0.15) is 0 Å². The largest absolute Gasteiger partial charge is 0.493 e. The fourth-order valence-corrected chi connectivity index (χ4v) is 3.01. The molecule has 1 fully saturated rings. The van der Waals surface area contributed by atoms with Gasteiger partial charge in [-0.15, -0.1) is 0 Å². The number of hydrogen-bond donors (Lipinski definition) is 1. The van der Waals surface area contributed by atoms with Gasteiger partial charge < -0.3 is 15.0 Å². The van der Waals surface area contributed by atoms with Gasteiger partial charge in [0.25, 0.3) is 0 Å². The van der Waals surface area contributed by atoms with Gasteiger partial charge in [-0.25, -0.2) is 0 Å². The van der Waals surface area contributed by atoms with Gasteiger partial charge in [0.1, 0.15) is 5.75 Å².